The van der Waals surface area contributed by atoms with Crippen molar-refractivity contribution in [2.45, 2.75) is 19.3 Å². The molecule has 1 heterocycles. The summed E-state index contributed by atoms with van der Waals surface area (Å²) in [6.07, 6.45) is 3.07. The number of thiophene rings is 1. The van der Waals surface area contributed by atoms with Crippen molar-refractivity contribution in [3.05, 3.63) is 22.4 Å². The molecule has 0 radical (unpaired) electrons. The standard InChI is InChI=1S/C11H18N2S2/c1-13(7-2-5-11(12)14)8-6-10-4-3-9-15-10/h3-4,9H,2,5-8H2,1H3,(H2,12,14). The quantitative estimate of drug-likeness (QED) is 0.744. The molecule has 0 atom stereocenters. The van der Waals surface area contributed by atoms with Crippen LogP contribution < -0.4 is 5.73 Å². The predicted molar refractivity (Wildman–Crippen MR) is 71.5 cm³/mol. The third kappa shape index (κ3) is 5.87. The number of hydrogen-bond acceptors (Lipinski definition) is 3. The van der Waals surface area contributed by atoms with Crippen molar-refractivity contribution in [3.63, 3.8) is 0 Å². The van der Waals surface area contributed by atoms with E-state index in [1.165, 1.54) is 4.88 Å². The van der Waals surface area contributed by atoms with E-state index in [9.17, 15) is 0 Å². The van der Waals surface area contributed by atoms with E-state index in [0.717, 1.165) is 32.4 Å². The second-order valence-electron chi connectivity index (χ2n) is 3.70. The highest BCUT2D eigenvalue weighted by Gasteiger charge is 2.00. The van der Waals surface area contributed by atoms with E-state index in [-0.39, 0.29) is 0 Å². The average Bonchev–Trinajstić information content (AvgIpc) is 2.66. The van der Waals surface area contributed by atoms with Crippen molar-refractivity contribution < 1.29 is 0 Å². The summed E-state index contributed by atoms with van der Waals surface area (Å²) >= 11 is 6.66. The van der Waals surface area contributed by atoms with Crippen LogP contribution in [0.1, 0.15) is 17.7 Å². The number of thiocarbonyl (C=S) groups is 1. The van der Waals surface area contributed by atoms with E-state index in [1.807, 2.05) is 11.3 Å². The minimum atomic E-state index is 0.627. The highest BCUT2D eigenvalue weighted by Crippen LogP contribution is 2.09. The van der Waals surface area contributed by atoms with Crippen LogP contribution in [0.25, 0.3) is 0 Å². The predicted octanol–water partition coefficient (Wildman–Crippen LogP) is 2.29. The summed E-state index contributed by atoms with van der Waals surface area (Å²) in [5.41, 5.74) is 5.44. The van der Waals surface area contributed by atoms with Gasteiger partial charge in [-0.2, -0.15) is 0 Å². The molecule has 0 saturated heterocycles. The highest BCUT2D eigenvalue weighted by molar-refractivity contribution is 7.80. The summed E-state index contributed by atoms with van der Waals surface area (Å²) in [7, 11) is 2.15. The van der Waals surface area contributed by atoms with Gasteiger partial charge in [0.25, 0.3) is 0 Å². The molecule has 0 spiro atoms. The van der Waals surface area contributed by atoms with Crippen molar-refractivity contribution in [2.75, 3.05) is 20.1 Å². The van der Waals surface area contributed by atoms with Crippen molar-refractivity contribution >= 4 is 28.5 Å². The molecule has 0 aliphatic rings. The number of rotatable bonds is 7. The van der Waals surface area contributed by atoms with Crippen LogP contribution >= 0.6 is 23.6 Å². The Morgan fingerprint density at radius 3 is 2.93 bits per heavy atom. The zero-order chi connectivity index (χ0) is 11.1. The molecule has 1 aromatic rings. The third-order valence-corrected chi connectivity index (χ3v) is 3.42. The lowest BCUT2D eigenvalue weighted by molar-refractivity contribution is 0.337. The molecule has 1 rings (SSSR count). The second kappa shape index (κ2) is 6.93. The summed E-state index contributed by atoms with van der Waals surface area (Å²) in [5.74, 6) is 0. The molecule has 84 valence electrons. The molecule has 2 N–H and O–H groups in total. The molecule has 0 fully saturated rings. The Bertz CT molecular complexity index is 283. The van der Waals surface area contributed by atoms with Crippen LogP contribution in [0.4, 0.5) is 0 Å². The maximum Gasteiger partial charge on any atom is 0.0727 e. The summed E-state index contributed by atoms with van der Waals surface area (Å²) in [5, 5.41) is 2.13. The Kier molecular flexibility index (Phi) is 5.83. The van der Waals surface area contributed by atoms with Crippen LogP contribution in [-0.4, -0.2) is 30.0 Å². The maximum atomic E-state index is 5.44. The SMILES string of the molecule is CN(CCCC(N)=S)CCc1cccs1. The van der Waals surface area contributed by atoms with Crippen molar-refractivity contribution in [1.82, 2.24) is 4.90 Å². The fraction of sp³-hybridized carbons (Fsp3) is 0.545. The first-order valence-corrected chi connectivity index (χ1v) is 6.46. The van der Waals surface area contributed by atoms with Gasteiger partial charge in [-0.1, -0.05) is 18.3 Å². The lowest BCUT2D eigenvalue weighted by atomic mass is 10.3. The molecule has 0 unspecified atom stereocenters. The van der Waals surface area contributed by atoms with E-state index in [1.54, 1.807) is 0 Å². The molecular formula is C11H18N2S2. The van der Waals surface area contributed by atoms with Crippen LogP contribution in [0.15, 0.2) is 17.5 Å². The topological polar surface area (TPSA) is 29.3 Å². The van der Waals surface area contributed by atoms with Crippen LogP contribution in [0.2, 0.25) is 0 Å². The highest BCUT2D eigenvalue weighted by atomic mass is 32.1. The zero-order valence-corrected chi connectivity index (χ0v) is 10.7. The Hall–Kier alpha value is -0.450. The maximum absolute atomic E-state index is 5.44. The van der Waals surface area contributed by atoms with Gasteiger partial charge in [0.2, 0.25) is 0 Å². The zero-order valence-electron chi connectivity index (χ0n) is 9.11. The van der Waals surface area contributed by atoms with E-state index >= 15 is 0 Å². The van der Waals surface area contributed by atoms with Gasteiger partial charge in [0, 0.05) is 11.4 Å². The van der Waals surface area contributed by atoms with E-state index in [2.05, 4.69) is 29.5 Å². The third-order valence-electron chi connectivity index (χ3n) is 2.28. The Labute approximate surface area is 101 Å². The van der Waals surface area contributed by atoms with Gasteiger partial charge in [0.1, 0.15) is 0 Å². The Balaban J connectivity index is 2.08. The van der Waals surface area contributed by atoms with E-state index < -0.39 is 0 Å². The molecule has 15 heavy (non-hydrogen) atoms. The van der Waals surface area contributed by atoms with Gasteiger partial charge in [-0.15, -0.1) is 11.3 Å². The van der Waals surface area contributed by atoms with Crippen LogP contribution in [0.3, 0.4) is 0 Å². The van der Waals surface area contributed by atoms with E-state index in [4.69, 9.17) is 18.0 Å². The number of likely N-dealkylation sites (N-methyl/N-ethyl adjacent to an activating group) is 1. The first-order valence-electron chi connectivity index (χ1n) is 5.17. The first kappa shape index (κ1) is 12.6. The minimum absolute atomic E-state index is 0.627. The number of hydrogen-bond donors (Lipinski definition) is 1. The van der Waals surface area contributed by atoms with Crippen LogP contribution in [0, 0.1) is 0 Å². The molecule has 2 nitrogen and oxygen atoms in total. The van der Waals surface area contributed by atoms with Gasteiger partial charge in [-0.3, -0.25) is 0 Å². The molecule has 4 heteroatoms. The van der Waals surface area contributed by atoms with Gasteiger partial charge < -0.3 is 10.6 Å². The van der Waals surface area contributed by atoms with Gasteiger partial charge in [0.05, 0.1) is 4.99 Å². The molecule has 0 saturated carbocycles. The monoisotopic (exact) mass is 242 g/mol. The Morgan fingerprint density at radius 1 is 1.53 bits per heavy atom. The number of nitrogens with two attached hydrogens (primary N) is 1. The van der Waals surface area contributed by atoms with Crippen molar-refractivity contribution in [2.24, 2.45) is 5.73 Å². The van der Waals surface area contributed by atoms with Gasteiger partial charge >= 0.3 is 0 Å². The molecule has 1 aromatic heterocycles. The lowest BCUT2D eigenvalue weighted by Crippen LogP contribution is -2.23. The van der Waals surface area contributed by atoms with Gasteiger partial charge in [-0.25, -0.2) is 0 Å². The fourth-order valence-corrected chi connectivity index (χ4v) is 2.23. The smallest absolute Gasteiger partial charge is 0.0727 e. The summed E-state index contributed by atoms with van der Waals surface area (Å²) < 4.78 is 0. The number of nitrogens with zero attached hydrogens (tertiary/aromatic N) is 1. The first-order chi connectivity index (χ1) is 7.18. The minimum Gasteiger partial charge on any atom is -0.393 e. The van der Waals surface area contributed by atoms with Gasteiger partial charge in [-0.05, 0) is 44.3 Å². The second-order valence-corrected chi connectivity index (χ2v) is 5.26. The summed E-state index contributed by atoms with van der Waals surface area (Å²) in [6.45, 7) is 2.18. The van der Waals surface area contributed by atoms with E-state index in [0.29, 0.717) is 4.99 Å². The fourth-order valence-electron chi connectivity index (χ4n) is 1.39. The lowest BCUT2D eigenvalue weighted by Gasteiger charge is -2.15. The molecule has 0 aromatic carbocycles. The van der Waals surface area contributed by atoms with Gasteiger partial charge in [0.15, 0.2) is 0 Å². The molecule has 0 aliphatic carbocycles. The van der Waals surface area contributed by atoms with Crippen molar-refractivity contribution in [1.29, 1.82) is 0 Å². The summed E-state index contributed by atoms with van der Waals surface area (Å²) in [4.78, 5) is 4.41. The normalized spacial score (nSPS) is 10.8. The largest absolute Gasteiger partial charge is 0.393 e. The van der Waals surface area contributed by atoms with Crippen LogP contribution in [0.5, 0.6) is 0 Å². The summed E-state index contributed by atoms with van der Waals surface area (Å²) in [6, 6.07) is 4.29. The molecule has 0 bridgehead atoms. The molecular weight excluding hydrogens is 224 g/mol. The van der Waals surface area contributed by atoms with Crippen LogP contribution in [-0.2, 0) is 6.42 Å². The van der Waals surface area contributed by atoms with Crippen molar-refractivity contribution in [3.8, 4) is 0 Å². The Morgan fingerprint density at radius 2 is 2.33 bits per heavy atom. The molecule has 0 amide bonds. The average molecular weight is 242 g/mol. The molecule has 0 aliphatic heterocycles.